The lowest BCUT2D eigenvalue weighted by Crippen LogP contribution is -2.52. The van der Waals surface area contributed by atoms with Crippen LogP contribution in [0.25, 0.3) is 16.3 Å². The molecule has 2 atom stereocenters. The van der Waals surface area contributed by atoms with Gasteiger partial charge in [-0.1, -0.05) is 12.1 Å². The van der Waals surface area contributed by atoms with E-state index in [9.17, 15) is 9.90 Å². The molecule has 4 rings (SSSR count). The first-order chi connectivity index (χ1) is 12.6. The minimum Gasteiger partial charge on any atom is -0.390 e. The summed E-state index contributed by atoms with van der Waals surface area (Å²) < 4.78 is 1.12. The van der Waals surface area contributed by atoms with Crippen molar-refractivity contribution in [2.24, 2.45) is 0 Å². The molecule has 1 amide bonds. The van der Waals surface area contributed by atoms with Gasteiger partial charge in [0.05, 0.1) is 22.4 Å². The van der Waals surface area contributed by atoms with Gasteiger partial charge >= 0.3 is 0 Å². The molecule has 1 aromatic heterocycles. The number of likely N-dealkylation sites (N-methyl/N-ethyl adjacent to an activating group) is 1. The average molecular weight is 372 g/mol. The topological polar surface area (TPSA) is 59.9 Å². The van der Waals surface area contributed by atoms with Crippen LogP contribution in [-0.2, 0) is 4.79 Å². The minimum atomic E-state index is -0.474. The number of para-hydroxylation sites is 1. The summed E-state index contributed by atoms with van der Waals surface area (Å²) in [4.78, 5) is 23.4. The Balaban J connectivity index is 1.39. The molecule has 1 aromatic carbocycles. The van der Waals surface area contributed by atoms with Crippen LogP contribution in [0.2, 0.25) is 0 Å². The summed E-state index contributed by atoms with van der Waals surface area (Å²) >= 11 is 1.57. The molecule has 0 bridgehead atoms. The molecule has 2 aliphatic heterocycles. The van der Waals surface area contributed by atoms with E-state index < -0.39 is 6.10 Å². The zero-order valence-electron chi connectivity index (χ0n) is 14.9. The van der Waals surface area contributed by atoms with Gasteiger partial charge in [-0.3, -0.25) is 9.69 Å². The van der Waals surface area contributed by atoms with Crippen LogP contribution in [0.1, 0.15) is 5.01 Å². The summed E-state index contributed by atoms with van der Waals surface area (Å²) in [6.07, 6.45) is 2.89. The zero-order chi connectivity index (χ0) is 18.1. The van der Waals surface area contributed by atoms with E-state index in [-0.39, 0.29) is 11.9 Å². The highest BCUT2D eigenvalue weighted by Gasteiger charge is 2.37. The summed E-state index contributed by atoms with van der Waals surface area (Å²) in [5, 5.41) is 11.3. The van der Waals surface area contributed by atoms with Crippen molar-refractivity contribution in [3.8, 4) is 0 Å². The standard InChI is InChI=1S/C19H24N4O2S/c1-21-8-10-22(11-9-21)15-12-23(13-16(15)24)19(25)7-6-18-20-14-4-2-3-5-17(14)26-18/h2-7,15-16,24H,8-13H2,1H3/t15-,16-/m0/s1. The summed E-state index contributed by atoms with van der Waals surface area (Å²) in [5.74, 6) is -0.0556. The Kier molecular flexibility index (Phi) is 5.04. The van der Waals surface area contributed by atoms with E-state index >= 15 is 0 Å². The molecule has 1 N–H and O–H groups in total. The van der Waals surface area contributed by atoms with Gasteiger partial charge in [0.15, 0.2) is 0 Å². The maximum Gasteiger partial charge on any atom is 0.246 e. The molecule has 26 heavy (non-hydrogen) atoms. The number of hydrogen-bond acceptors (Lipinski definition) is 6. The molecule has 2 saturated heterocycles. The predicted octanol–water partition coefficient (Wildman–Crippen LogP) is 1.13. The number of fused-ring (bicyclic) bond motifs is 1. The van der Waals surface area contributed by atoms with Gasteiger partial charge in [0, 0.05) is 45.3 Å². The molecular weight excluding hydrogens is 348 g/mol. The highest BCUT2D eigenvalue weighted by atomic mass is 32.1. The van der Waals surface area contributed by atoms with E-state index in [2.05, 4.69) is 21.8 Å². The van der Waals surface area contributed by atoms with E-state index in [1.54, 1.807) is 28.4 Å². The van der Waals surface area contributed by atoms with E-state index in [4.69, 9.17) is 0 Å². The lowest BCUT2D eigenvalue weighted by Gasteiger charge is -2.37. The molecule has 7 heteroatoms. The lowest BCUT2D eigenvalue weighted by atomic mass is 10.1. The first-order valence-electron chi connectivity index (χ1n) is 9.03. The van der Waals surface area contributed by atoms with Crippen molar-refractivity contribution in [2.75, 3.05) is 46.3 Å². The van der Waals surface area contributed by atoms with Crippen LogP contribution in [-0.4, -0.2) is 89.2 Å². The number of hydrogen-bond donors (Lipinski definition) is 1. The van der Waals surface area contributed by atoms with Crippen LogP contribution < -0.4 is 0 Å². The van der Waals surface area contributed by atoms with E-state index in [1.807, 2.05) is 24.3 Å². The number of aliphatic hydroxyl groups is 1. The molecule has 0 saturated carbocycles. The third-order valence-corrected chi connectivity index (χ3v) is 6.26. The monoisotopic (exact) mass is 372 g/mol. The smallest absolute Gasteiger partial charge is 0.246 e. The van der Waals surface area contributed by atoms with Crippen LogP contribution in [0.3, 0.4) is 0 Å². The Bertz CT molecular complexity index is 780. The number of thiazole rings is 1. The van der Waals surface area contributed by atoms with E-state index in [0.717, 1.165) is 41.4 Å². The number of carbonyl (C=O) groups excluding carboxylic acids is 1. The van der Waals surface area contributed by atoms with Gasteiger partial charge in [0.2, 0.25) is 5.91 Å². The van der Waals surface area contributed by atoms with Crippen molar-refractivity contribution < 1.29 is 9.90 Å². The molecular formula is C19H24N4O2S. The lowest BCUT2D eigenvalue weighted by molar-refractivity contribution is -0.125. The highest BCUT2D eigenvalue weighted by molar-refractivity contribution is 7.19. The van der Waals surface area contributed by atoms with Crippen molar-refractivity contribution in [3.05, 3.63) is 35.3 Å². The predicted molar refractivity (Wildman–Crippen MR) is 104 cm³/mol. The largest absolute Gasteiger partial charge is 0.390 e. The SMILES string of the molecule is CN1CCN([C@H]2CN(C(=O)C=Cc3nc4ccccc4s3)C[C@@H]2O)CC1. The Labute approximate surface area is 157 Å². The molecule has 6 nitrogen and oxygen atoms in total. The van der Waals surface area contributed by atoms with Gasteiger partial charge in [0.1, 0.15) is 5.01 Å². The van der Waals surface area contributed by atoms with Gasteiger partial charge in [-0.2, -0.15) is 0 Å². The Morgan fingerprint density at radius 2 is 2.00 bits per heavy atom. The highest BCUT2D eigenvalue weighted by Crippen LogP contribution is 2.23. The van der Waals surface area contributed by atoms with Crippen LogP contribution in [0.15, 0.2) is 30.3 Å². The van der Waals surface area contributed by atoms with Crippen LogP contribution in [0.5, 0.6) is 0 Å². The summed E-state index contributed by atoms with van der Waals surface area (Å²) in [6, 6.07) is 8.00. The first-order valence-corrected chi connectivity index (χ1v) is 9.85. The second-order valence-electron chi connectivity index (χ2n) is 7.07. The number of aromatic nitrogens is 1. The molecule has 138 valence electrons. The van der Waals surface area contributed by atoms with E-state index in [1.165, 1.54) is 0 Å². The Morgan fingerprint density at radius 3 is 2.77 bits per heavy atom. The van der Waals surface area contributed by atoms with Crippen molar-refractivity contribution >= 4 is 33.5 Å². The molecule has 2 aromatic rings. The molecule has 2 aliphatic rings. The van der Waals surface area contributed by atoms with Gasteiger partial charge in [-0.15, -0.1) is 11.3 Å². The summed E-state index contributed by atoms with van der Waals surface area (Å²) in [6.45, 7) is 4.90. The van der Waals surface area contributed by atoms with E-state index in [0.29, 0.717) is 13.1 Å². The molecule has 0 spiro atoms. The van der Waals surface area contributed by atoms with Crippen LogP contribution in [0.4, 0.5) is 0 Å². The number of rotatable bonds is 3. The summed E-state index contributed by atoms with van der Waals surface area (Å²) in [7, 11) is 2.12. The van der Waals surface area contributed by atoms with Gasteiger partial charge in [-0.05, 0) is 25.3 Å². The first kappa shape index (κ1) is 17.6. The second-order valence-corrected chi connectivity index (χ2v) is 8.13. The number of aliphatic hydroxyl groups excluding tert-OH is 1. The minimum absolute atomic E-state index is 0.0449. The average Bonchev–Trinajstić information content (AvgIpc) is 3.23. The molecule has 3 heterocycles. The third kappa shape index (κ3) is 3.66. The maximum absolute atomic E-state index is 12.5. The number of β-amino-alcohol motifs (C(OH)–C–C–N with tert-alkyl or cyclic N) is 1. The number of nitrogens with zero attached hydrogens (tertiary/aromatic N) is 4. The Hall–Kier alpha value is -1.80. The Morgan fingerprint density at radius 1 is 1.23 bits per heavy atom. The molecule has 0 aliphatic carbocycles. The number of piperazine rings is 1. The summed E-state index contributed by atoms with van der Waals surface area (Å²) in [5.41, 5.74) is 0.955. The third-order valence-electron chi connectivity index (χ3n) is 5.26. The van der Waals surface area contributed by atoms with Gasteiger partial charge < -0.3 is 14.9 Å². The molecule has 0 radical (unpaired) electrons. The fourth-order valence-corrected chi connectivity index (χ4v) is 4.54. The molecule has 0 unspecified atom stereocenters. The van der Waals surface area contributed by atoms with Crippen LogP contribution in [0, 0.1) is 0 Å². The number of amides is 1. The van der Waals surface area contributed by atoms with Gasteiger partial charge in [-0.25, -0.2) is 4.98 Å². The van der Waals surface area contributed by atoms with Crippen molar-refractivity contribution in [1.82, 2.24) is 19.7 Å². The number of likely N-dealkylation sites (tertiary alicyclic amines) is 1. The van der Waals surface area contributed by atoms with Crippen molar-refractivity contribution in [1.29, 1.82) is 0 Å². The fourth-order valence-electron chi connectivity index (χ4n) is 3.67. The maximum atomic E-state index is 12.5. The van der Waals surface area contributed by atoms with Gasteiger partial charge in [0.25, 0.3) is 0 Å². The quantitative estimate of drug-likeness (QED) is 0.819. The normalized spacial score (nSPS) is 25.5. The number of benzene rings is 1. The van der Waals surface area contributed by atoms with Crippen molar-refractivity contribution in [3.63, 3.8) is 0 Å². The number of carbonyl (C=O) groups is 1. The second kappa shape index (κ2) is 7.44. The zero-order valence-corrected chi connectivity index (χ0v) is 15.7. The van der Waals surface area contributed by atoms with Crippen LogP contribution >= 0.6 is 11.3 Å². The molecule has 2 fully saturated rings. The van der Waals surface area contributed by atoms with Crippen molar-refractivity contribution in [2.45, 2.75) is 12.1 Å². The fraction of sp³-hybridized carbons (Fsp3) is 0.474.